The number of thioether (sulfide) groups is 1. The molecule has 1 heterocycles. The van der Waals surface area contributed by atoms with Crippen molar-refractivity contribution in [3.8, 4) is 0 Å². The molecule has 88 valence electrons. The van der Waals surface area contributed by atoms with Crippen LogP contribution in [0.5, 0.6) is 0 Å². The summed E-state index contributed by atoms with van der Waals surface area (Å²) in [5.74, 6) is 0.500. The molecule has 0 saturated heterocycles. The second-order valence-electron chi connectivity index (χ2n) is 4.22. The van der Waals surface area contributed by atoms with Crippen molar-refractivity contribution < 1.29 is 5.11 Å². The summed E-state index contributed by atoms with van der Waals surface area (Å²) in [5.41, 5.74) is 6.55. The Morgan fingerprint density at radius 3 is 2.81 bits per heavy atom. The largest absolute Gasteiger partial charge is 0.392 e. The number of hydrogen-bond donors (Lipinski definition) is 2. The number of nitrogen functional groups attached to an aromatic ring is 1. The van der Waals surface area contributed by atoms with Gasteiger partial charge in [0.05, 0.1) is 6.10 Å². The van der Waals surface area contributed by atoms with E-state index in [-0.39, 0.29) is 11.4 Å². The zero-order valence-corrected chi connectivity index (χ0v) is 10.2. The van der Waals surface area contributed by atoms with Crippen LogP contribution in [0.3, 0.4) is 0 Å². The van der Waals surface area contributed by atoms with Gasteiger partial charge < -0.3 is 10.8 Å². The summed E-state index contributed by atoms with van der Waals surface area (Å²) in [6.07, 6.45) is 3.98. The predicted octanol–water partition coefficient (Wildman–Crippen LogP) is 1.76. The average molecular weight is 239 g/mol. The number of nitrogens with zero attached hydrogens (tertiary/aromatic N) is 2. The number of aryl methyl sites for hydroxylation is 1. The molecule has 0 spiro atoms. The molecule has 2 atom stereocenters. The zero-order chi connectivity index (χ0) is 11.5. The Hall–Kier alpha value is -0.810. The van der Waals surface area contributed by atoms with Crippen LogP contribution < -0.4 is 5.73 Å². The number of rotatable bonds is 2. The van der Waals surface area contributed by atoms with E-state index in [9.17, 15) is 5.11 Å². The van der Waals surface area contributed by atoms with Gasteiger partial charge in [-0.2, -0.15) is 0 Å². The van der Waals surface area contributed by atoms with Crippen molar-refractivity contribution in [3.05, 3.63) is 11.8 Å². The van der Waals surface area contributed by atoms with E-state index >= 15 is 0 Å². The highest BCUT2D eigenvalue weighted by Gasteiger charge is 2.24. The predicted molar refractivity (Wildman–Crippen MR) is 65.3 cm³/mol. The van der Waals surface area contributed by atoms with Crippen LogP contribution in [0.4, 0.5) is 5.82 Å². The van der Waals surface area contributed by atoms with Crippen LogP contribution in [-0.2, 0) is 0 Å². The lowest BCUT2D eigenvalue weighted by Gasteiger charge is -2.26. The van der Waals surface area contributed by atoms with Gasteiger partial charge in [0.25, 0.3) is 0 Å². The van der Waals surface area contributed by atoms with E-state index in [0.717, 1.165) is 25.0 Å². The number of anilines is 1. The fourth-order valence-corrected chi connectivity index (χ4v) is 3.17. The van der Waals surface area contributed by atoms with Crippen molar-refractivity contribution in [2.24, 2.45) is 0 Å². The van der Waals surface area contributed by atoms with E-state index in [1.807, 2.05) is 6.92 Å². The molecule has 16 heavy (non-hydrogen) atoms. The Balaban J connectivity index is 2.07. The molecule has 0 amide bonds. The molecule has 1 aliphatic rings. The van der Waals surface area contributed by atoms with Gasteiger partial charge in [0.1, 0.15) is 5.82 Å². The Labute approximate surface area is 99.7 Å². The molecule has 2 rings (SSSR count). The monoisotopic (exact) mass is 239 g/mol. The summed E-state index contributed by atoms with van der Waals surface area (Å²) in [5, 5.41) is 10.8. The van der Waals surface area contributed by atoms with E-state index in [4.69, 9.17) is 5.73 Å². The molecule has 0 radical (unpaired) electrons. The molecule has 5 heteroatoms. The highest BCUT2D eigenvalue weighted by Crippen LogP contribution is 2.32. The van der Waals surface area contributed by atoms with Crippen molar-refractivity contribution in [1.82, 2.24) is 9.97 Å². The number of hydrogen-bond acceptors (Lipinski definition) is 5. The van der Waals surface area contributed by atoms with E-state index in [1.165, 1.54) is 6.42 Å². The molecule has 1 aromatic heterocycles. The van der Waals surface area contributed by atoms with Gasteiger partial charge in [-0.15, -0.1) is 0 Å². The van der Waals surface area contributed by atoms with Gasteiger partial charge in [0.15, 0.2) is 5.16 Å². The van der Waals surface area contributed by atoms with Gasteiger partial charge in [0, 0.05) is 17.0 Å². The molecule has 0 aromatic carbocycles. The second kappa shape index (κ2) is 5.01. The molecule has 4 nitrogen and oxygen atoms in total. The first-order valence-corrected chi connectivity index (χ1v) is 6.49. The SMILES string of the molecule is Cc1cc(N)nc(SC2CCCCC2O)n1. The van der Waals surface area contributed by atoms with Gasteiger partial charge in [-0.1, -0.05) is 24.6 Å². The van der Waals surface area contributed by atoms with Crippen LogP contribution in [-0.4, -0.2) is 26.4 Å². The van der Waals surface area contributed by atoms with E-state index in [0.29, 0.717) is 11.0 Å². The summed E-state index contributed by atoms with van der Waals surface area (Å²) < 4.78 is 0. The van der Waals surface area contributed by atoms with E-state index < -0.39 is 0 Å². The van der Waals surface area contributed by atoms with Crippen LogP contribution in [0.15, 0.2) is 11.2 Å². The zero-order valence-electron chi connectivity index (χ0n) is 9.39. The van der Waals surface area contributed by atoms with Crippen LogP contribution >= 0.6 is 11.8 Å². The van der Waals surface area contributed by atoms with Crippen LogP contribution in [0, 0.1) is 6.92 Å². The highest BCUT2D eigenvalue weighted by atomic mass is 32.2. The maximum atomic E-state index is 9.86. The molecule has 3 N–H and O–H groups in total. The molecule has 1 aromatic rings. The average Bonchev–Trinajstić information content (AvgIpc) is 2.20. The fraction of sp³-hybridized carbons (Fsp3) is 0.636. The summed E-state index contributed by atoms with van der Waals surface area (Å²) in [6, 6.07) is 1.75. The lowest BCUT2D eigenvalue weighted by Crippen LogP contribution is -2.27. The molecule has 0 bridgehead atoms. The number of nitrogens with two attached hydrogens (primary N) is 1. The topological polar surface area (TPSA) is 72.0 Å². The summed E-state index contributed by atoms with van der Waals surface area (Å²) >= 11 is 1.55. The smallest absolute Gasteiger partial charge is 0.190 e. The third-order valence-electron chi connectivity index (χ3n) is 2.78. The Morgan fingerprint density at radius 1 is 1.38 bits per heavy atom. The minimum absolute atomic E-state index is 0.218. The molecular weight excluding hydrogens is 222 g/mol. The van der Waals surface area contributed by atoms with E-state index in [2.05, 4.69) is 9.97 Å². The molecule has 0 aliphatic heterocycles. The van der Waals surface area contributed by atoms with Crippen LogP contribution in [0.25, 0.3) is 0 Å². The molecule has 1 aliphatic carbocycles. The normalized spacial score (nSPS) is 25.6. The minimum Gasteiger partial charge on any atom is -0.392 e. The van der Waals surface area contributed by atoms with Gasteiger partial charge >= 0.3 is 0 Å². The maximum absolute atomic E-state index is 9.86. The van der Waals surface area contributed by atoms with Crippen molar-refractivity contribution >= 4 is 17.6 Å². The van der Waals surface area contributed by atoms with Gasteiger partial charge in [0.2, 0.25) is 0 Å². The minimum atomic E-state index is -0.232. The second-order valence-corrected chi connectivity index (χ2v) is 5.43. The first-order chi connectivity index (χ1) is 7.65. The van der Waals surface area contributed by atoms with Gasteiger partial charge in [-0.25, -0.2) is 9.97 Å². The molecular formula is C11H17N3OS. The number of aliphatic hydroxyl groups excluding tert-OH is 1. The molecule has 1 saturated carbocycles. The summed E-state index contributed by atoms with van der Waals surface area (Å²) in [6.45, 7) is 1.90. The Morgan fingerprint density at radius 2 is 2.12 bits per heavy atom. The van der Waals surface area contributed by atoms with Crippen LogP contribution in [0.1, 0.15) is 31.4 Å². The summed E-state index contributed by atoms with van der Waals surface area (Å²) in [4.78, 5) is 8.50. The standard InChI is InChI=1S/C11H17N3OS/c1-7-6-10(12)14-11(13-7)16-9-5-3-2-4-8(9)15/h6,8-9,15H,2-5H2,1H3,(H2,12,13,14). The van der Waals surface area contributed by atoms with E-state index in [1.54, 1.807) is 17.8 Å². The van der Waals surface area contributed by atoms with Gasteiger partial charge in [-0.3, -0.25) is 0 Å². The fourth-order valence-electron chi connectivity index (χ4n) is 1.97. The van der Waals surface area contributed by atoms with Crippen molar-refractivity contribution in [2.75, 3.05) is 5.73 Å². The lowest BCUT2D eigenvalue weighted by molar-refractivity contribution is 0.137. The Kier molecular flexibility index (Phi) is 3.66. The Bertz CT molecular complexity index is 352. The quantitative estimate of drug-likeness (QED) is 0.769. The van der Waals surface area contributed by atoms with Crippen molar-refractivity contribution in [3.63, 3.8) is 0 Å². The number of aliphatic hydroxyl groups is 1. The molecule has 1 fully saturated rings. The maximum Gasteiger partial charge on any atom is 0.190 e. The number of aromatic nitrogens is 2. The highest BCUT2D eigenvalue weighted by molar-refractivity contribution is 7.99. The lowest BCUT2D eigenvalue weighted by atomic mass is 9.97. The first-order valence-electron chi connectivity index (χ1n) is 5.61. The van der Waals surface area contributed by atoms with Crippen molar-refractivity contribution in [2.45, 2.75) is 49.1 Å². The molecule has 2 unspecified atom stereocenters. The van der Waals surface area contributed by atoms with Gasteiger partial charge in [-0.05, 0) is 19.8 Å². The third kappa shape index (κ3) is 2.86. The van der Waals surface area contributed by atoms with Crippen molar-refractivity contribution in [1.29, 1.82) is 0 Å². The third-order valence-corrected chi connectivity index (χ3v) is 4.02. The summed E-state index contributed by atoms with van der Waals surface area (Å²) in [7, 11) is 0. The van der Waals surface area contributed by atoms with Crippen LogP contribution in [0.2, 0.25) is 0 Å². The first kappa shape index (κ1) is 11.7.